The molecule has 0 aliphatic carbocycles. The number of carboxylic acid groups (broad SMARTS) is 3. The second-order valence-corrected chi connectivity index (χ2v) is 6.17. The van der Waals surface area contributed by atoms with Gasteiger partial charge in [0.05, 0.1) is 58.9 Å². The molecule has 0 spiro atoms. The summed E-state index contributed by atoms with van der Waals surface area (Å²) in [4.78, 5) is 44.0. The molecule has 162 valence electrons. The Kier molecular flexibility index (Phi) is 13.6. The zero-order valence-electron chi connectivity index (χ0n) is 16.0. The van der Waals surface area contributed by atoms with Crippen LogP contribution in [0.3, 0.4) is 0 Å². The van der Waals surface area contributed by atoms with Crippen LogP contribution in [-0.4, -0.2) is 84.3 Å². The first-order chi connectivity index (χ1) is 13.2. The molecule has 0 aromatic carbocycles. The summed E-state index contributed by atoms with van der Waals surface area (Å²) in [6.45, 7) is 1.07. The minimum Gasteiger partial charge on any atom is -0.481 e. The van der Waals surface area contributed by atoms with Crippen LogP contribution in [0.1, 0.15) is 39.0 Å². The number of hydrogen-bond donors (Lipinski definition) is 4. The van der Waals surface area contributed by atoms with Gasteiger partial charge in [0.1, 0.15) is 5.54 Å². The molecule has 0 aliphatic heterocycles. The third kappa shape index (κ3) is 13.9. The van der Waals surface area contributed by atoms with E-state index in [4.69, 9.17) is 29.5 Å². The molecule has 0 radical (unpaired) electrons. The molecule has 0 unspecified atom stereocenters. The molecule has 0 aliphatic rings. The fraction of sp³-hybridized carbons (Fsp3) is 0.765. The van der Waals surface area contributed by atoms with Crippen LogP contribution in [-0.2, 0) is 33.4 Å². The Morgan fingerprint density at radius 1 is 0.714 bits per heavy atom. The Morgan fingerprint density at radius 2 is 1.07 bits per heavy atom. The molecule has 0 atom stereocenters. The molecule has 11 nitrogen and oxygen atoms in total. The predicted octanol–water partition coefficient (Wildman–Crippen LogP) is 0.115. The molecule has 0 bridgehead atoms. The highest BCUT2D eigenvalue weighted by Crippen LogP contribution is 2.11. The van der Waals surface area contributed by atoms with Crippen molar-refractivity contribution in [3.8, 4) is 0 Å². The summed E-state index contributed by atoms with van der Waals surface area (Å²) >= 11 is 0. The van der Waals surface area contributed by atoms with Gasteiger partial charge in [-0.3, -0.25) is 19.2 Å². The molecule has 0 heterocycles. The normalized spacial score (nSPS) is 11.2. The summed E-state index contributed by atoms with van der Waals surface area (Å²) in [6, 6.07) is 0. The summed E-state index contributed by atoms with van der Waals surface area (Å²) in [6.07, 6.45) is 0.0961. The average Bonchev–Trinajstić information content (AvgIpc) is 2.59. The Balaban J connectivity index is 5.04. The van der Waals surface area contributed by atoms with E-state index in [2.05, 4.69) is 5.32 Å². The van der Waals surface area contributed by atoms with Crippen LogP contribution in [0.2, 0.25) is 0 Å². The van der Waals surface area contributed by atoms with Crippen molar-refractivity contribution in [2.75, 3.05) is 39.6 Å². The van der Waals surface area contributed by atoms with Gasteiger partial charge in [0.15, 0.2) is 0 Å². The molecule has 0 rings (SSSR count). The minimum absolute atomic E-state index is 0.106. The maximum absolute atomic E-state index is 12.1. The summed E-state index contributed by atoms with van der Waals surface area (Å²) in [5.41, 5.74) is -1.21. The van der Waals surface area contributed by atoms with E-state index >= 15 is 0 Å². The standard InChI is InChI=1S/C17H29NO10/c1-2-3-13(19)18-17(10-26-7-4-14(20)21,11-27-8-5-15(22)23)12-28-9-6-16(24)25/h2-12H2,1H3,(H,18,19)(H,20,21)(H,22,23)(H,24,25). The maximum atomic E-state index is 12.1. The van der Waals surface area contributed by atoms with Crippen molar-refractivity contribution in [3.63, 3.8) is 0 Å². The molecule has 0 fully saturated rings. The highest BCUT2D eigenvalue weighted by Gasteiger charge is 2.33. The molecule has 4 N–H and O–H groups in total. The van der Waals surface area contributed by atoms with E-state index in [-0.39, 0.29) is 71.2 Å². The lowest BCUT2D eigenvalue weighted by Crippen LogP contribution is -2.58. The van der Waals surface area contributed by atoms with Crippen molar-refractivity contribution in [2.45, 2.75) is 44.6 Å². The van der Waals surface area contributed by atoms with Gasteiger partial charge in [0.25, 0.3) is 0 Å². The average molecular weight is 407 g/mol. The zero-order valence-corrected chi connectivity index (χ0v) is 16.0. The van der Waals surface area contributed by atoms with Crippen molar-refractivity contribution in [3.05, 3.63) is 0 Å². The van der Waals surface area contributed by atoms with Crippen molar-refractivity contribution in [1.29, 1.82) is 0 Å². The Bertz CT molecular complexity index is 453. The third-order valence-electron chi connectivity index (χ3n) is 3.40. The number of carbonyl (C=O) groups is 4. The van der Waals surface area contributed by atoms with Crippen molar-refractivity contribution in [1.82, 2.24) is 5.32 Å². The van der Waals surface area contributed by atoms with Crippen LogP contribution >= 0.6 is 0 Å². The first kappa shape index (κ1) is 25.8. The van der Waals surface area contributed by atoms with Gasteiger partial charge in [0, 0.05) is 6.42 Å². The van der Waals surface area contributed by atoms with Gasteiger partial charge in [-0.2, -0.15) is 0 Å². The molecule has 0 saturated carbocycles. The van der Waals surface area contributed by atoms with Crippen molar-refractivity contribution >= 4 is 23.8 Å². The van der Waals surface area contributed by atoms with Gasteiger partial charge in [-0.25, -0.2) is 0 Å². The van der Waals surface area contributed by atoms with E-state index in [9.17, 15) is 19.2 Å². The summed E-state index contributed by atoms with van der Waals surface area (Å²) < 4.78 is 16.1. The van der Waals surface area contributed by atoms with Crippen LogP contribution < -0.4 is 5.32 Å². The van der Waals surface area contributed by atoms with Crippen LogP contribution in [0.4, 0.5) is 0 Å². The van der Waals surface area contributed by atoms with Crippen LogP contribution in [0.25, 0.3) is 0 Å². The van der Waals surface area contributed by atoms with Crippen LogP contribution in [0.5, 0.6) is 0 Å². The molecule has 0 saturated heterocycles. The molecule has 0 aromatic rings. The van der Waals surface area contributed by atoms with Gasteiger partial charge in [-0.15, -0.1) is 0 Å². The van der Waals surface area contributed by atoms with E-state index in [0.29, 0.717) is 6.42 Å². The lowest BCUT2D eigenvalue weighted by molar-refractivity contribution is -0.140. The monoisotopic (exact) mass is 407 g/mol. The van der Waals surface area contributed by atoms with Crippen LogP contribution in [0, 0.1) is 0 Å². The lowest BCUT2D eigenvalue weighted by Gasteiger charge is -2.34. The van der Waals surface area contributed by atoms with Gasteiger partial charge in [0.2, 0.25) is 5.91 Å². The summed E-state index contributed by atoms with van der Waals surface area (Å²) in [7, 11) is 0. The van der Waals surface area contributed by atoms with E-state index in [1.54, 1.807) is 0 Å². The number of rotatable bonds is 18. The lowest BCUT2D eigenvalue weighted by atomic mass is 10.0. The molecule has 11 heteroatoms. The van der Waals surface area contributed by atoms with Gasteiger partial charge in [-0.05, 0) is 6.42 Å². The van der Waals surface area contributed by atoms with E-state index in [0.717, 1.165) is 0 Å². The van der Waals surface area contributed by atoms with E-state index in [1.807, 2.05) is 6.92 Å². The summed E-state index contributed by atoms with van der Waals surface area (Å²) in [5, 5.41) is 28.8. The van der Waals surface area contributed by atoms with Crippen molar-refractivity contribution < 1.29 is 48.7 Å². The second kappa shape index (κ2) is 14.8. The smallest absolute Gasteiger partial charge is 0.305 e. The molecule has 28 heavy (non-hydrogen) atoms. The Morgan fingerprint density at radius 3 is 1.36 bits per heavy atom. The number of hydrogen-bond acceptors (Lipinski definition) is 7. The predicted molar refractivity (Wildman–Crippen MR) is 95.0 cm³/mol. The number of aliphatic carboxylic acids is 3. The first-order valence-electron chi connectivity index (χ1n) is 8.90. The number of carbonyl (C=O) groups excluding carboxylic acids is 1. The summed E-state index contributed by atoms with van der Waals surface area (Å²) in [5.74, 6) is -3.45. The quantitative estimate of drug-likeness (QED) is 0.229. The van der Waals surface area contributed by atoms with Gasteiger partial charge < -0.3 is 34.8 Å². The van der Waals surface area contributed by atoms with E-state index in [1.165, 1.54) is 0 Å². The number of carboxylic acids is 3. The Hall–Kier alpha value is -2.24. The molecule has 0 aromatic heterocycles. The highest BCUT2D eigenvalue weighted by molar-refractivity contribution is 5.76. The number of ether oxygens (including phenoxy) is 3. The third-order valence-corrected chi connectivity index (χ3v) is 3.40. The molecular weight excluding hydrogens is 378 g/mol. The SMILES string of the molecule is CCCC(=O)NC(COCCC(=O)O)(COCCC(=O)O)COCCC(=O)O. The second-order valence-electron chi connectivity index (χ2n) is 6.17. The maximum Gasteiger partial charge on any atom is 0.305 e. The topological polar surface area (TPSA) is 169 Å². The largest absolute Gasteiger partial charge is 0.481 e. The highest BCUT2D eigenvalue weighted by atomic mass is 16.5. The van der Waals surface area contributed by atoms with Gasteiger partial charge in [-0.1, -0.05) is 6.92 Å². The van der Waals surface area contributed by atoms with E-state index < -0.39 is 23.4 Å². The minimum atomic E-state index is -1.21. The van der Waals surface area contributed by atoms with Gasteiger partial charge >= 0.3 is 17.9 Å². The fourth-order valence-corrected chi connectivity index (χ4v) is 2.10. The molecule has 1 amide bonds. The number of amides is 1. The van der Waals surface area contributed by atoms with Crippen LogP contribution in [0.15, 0.2) is 0 Å². The fourth-order valence-electron chi connectivity index (χ4n) is 2.10. The van der Waals surface area contributed by atoms with Crippen molar-refractivity contribution in [2.24, 2.45) is 0 Å². The number of nitrogens with one attached hydrogen (secondary N) is 1. The molecular formula is C17H29NO10. The zero-order chi connectivity index (χ0) is 21.4. The Labute approximate surface area is 162 Å². The first-order valence-corrected chi connectivity index (χ1v) is 8.90.